The molecule has 0 heterocycles. The number of aryl methyl sites for hydroxylation is 1. The number of hydrogen-bond acceptors (Lipinski definition) is 1. The molecule has 0 atom stereocenters. The number of carboxylic acid groups (broad SMARTS) is 1. The first-order valence-electron chi connectivity index (χ1n) is 4.90. The summed E-state index contributed by atoms with van der Waals surface area (Å²) in [5, 5.41) is 8.57. The Bertz CT molecular complexity index is 314. The second kappa shape index (κ2) is 4.80. The fourth-order valence-electron chi connectivity index (χ4n) is 0.980. The molecule has 76 valence electrons. The maximum Gasteiger partial charge on any atom is 0.335 e. The van der Waals surface area contributed by atoms with Gasteiger partial charge in [-0.25, -0.2) is 4.79 Å². The van der Waals surface area contributed by atoms with Crippen LogP contribution in [0.25, 0.3) is 0 Å². The van der Waals surface area contributed by atoms with Crippen LogP contribution in [-0.4, -0.2) is 11.1 Å². The molecule has 1 aliphatic carbocycles. The zero-order valence-electron chi connectivity index (χ0n) is 8.66. The summed E-state index contributed by atoms with van der Waals surface area (Å²) in [7, 11) is 0. The standard InChI is InChI=1S/C8H8O2.C4H8/c1-6-4-2-3-5-7(6)8(9)10;1-4-2-3-4/h2-5H,1H3,(H,9,10);4H,2-3H2,1H3. The van der Waals surface area contributed by atoms with Gasteiger partial charge in [-0.05, 0) is 24.5 Å². The Morgan fingerprint density at radius 2 is 1.86 bits per heavy atom. The summed E-state index contributed by atoms with van der Waals surface area (Å²) in [5.74, 6) is 0.220. The van der Waals surface area contributed by atoms with Crippen LogP contribution in [0.5, 0.6) is 0 Å². The summed E-state index contributed by atoms with van der Waals surface area (Å²) >= 11 is 0. The summed E-state index contributed by atoms with van der Waals surface area (Å²) in [4.78, 5) is 10.4. The average Bonchev–Trinajstić information content (AvgIpc) is 2.89. The lowest BCUT2D eigenvalue weighted by Crippen LogP contribution is -1.97. The van der Waals surface area contributed by atoms with Crippen molar-refractivity contribution in [1.82, 2.24) is 0 Å². The highest BCUT2D eigenvalue weighted by Gasteiger charge is 2.12. The third-order valence-corrected chi connectivity index (χ3v) is 2.24. The molecule has 2 heteroatoms. The van der Waals surface area contributed by atoms with Crippen LogP contribution in [0.15, 0.2) is 24.3 Å². The third kappa shape index (κ3) is 3.60. The van der Waals surface area contributed by atoms with Gasteiger partial charge in [0.15, 0.2) is 0 Å². The van der Waals surface area contributed by atoms with Crippen molar-refractivity contribution >= 4 is 5.97 Å². The van der Waals surface area contributed by atoms with Crippen molar-refractivity contribution in [2.75, 3.05) is 0 Å². The topological polar surface area (TPSA) is 37.3 Å². The first-order chi connectivity index (χ1) is 6.61. The van der Waals surface area contributed by atoms with E-state index in [1.165, 1.54) is 12.8 Å². The summed E-state index contributed by atoms with van der Waals surface area (Å²) in [6.07, 6.45) is 2.97. The van der Waals surface area contributed by atoms with Crippen molar-refractivity contribution in [3.8, 4) is 0 Å². The Balaban J connectivity index is 0.000000203. The first-order valence-corrected chi connectivity index (χ1v) is 4.90. The first kappa shape index (κ1) is 10.8. The molecule has 1 aliphatic rings. The highest BCUT2D eigenvalue weighted by atomic mass is 16.4. The Kier molecular flexibility index (Phi) is 3.69. The zero-order chi connectivity index (χ0) is 10.6. The maximum atomic E-state index is 10.4. The molecule has 0 spiro atoms. The third-order valence-electron chi connectivity index (χ3n) is 2.24. The Morgan fingerprint density at radius 1 is 1.36 bits per heavy atom. The van der Waals surface area contributed by atoms with E-state index < -0.39 is 5.97 Å². The molecule has 1 N–H and O–H groups in total. The second-order valence-electron chi connectivity index (χ2n) is 3.80. The summed E-state index contributed by atoms with van der Waals surface area (Å²) < 4.78 is 0. The molecular weight excluding hydrogens is 176 g/mol. The van der Waals surface area contributed by atoms with Crippen LogP contribution in [0.1, 0.15) is 35.7 Å². The van der Waals surface area contributed by atoms with E-state index in [-0.39, 0.29) is 0 Å². The molecule has 0 radical (unpaired) electrons. The van der Waals surface area contributed by atoms with E-state index in [0.717, 1.165) is 11.5 Å². The number of aromatic carboxylic acids is 1. The van der Waals surface area contributed by atoms with Crippen LogP contribution in [-0.2, 0) is 0 Å². The fourth-order valence-corrected chi connectivity index (χ4v) is 0.980. The summed E-state index contributed by atoms with van der Waals surface area (Å²) in [6.45, 7) is 4.06. The molecule has 1 aromatic carbocycles. The van der Waals surface area contributed by atoms with E-state index in [2.05, 4.69) is 6.92 Å². The normalized spacial score (nSPS) is 14.1. The van der Waals surface area contributed by atoms with E-state index in [4.69, 9.17) is 5.11 Å². The van der Waals surface area contributed by atoms with E-state index in [9.17, 15) is 4.79 Å². The smallest absolute Gasteiger partial charge is 0.335 e. The number of benzene rings is 1. The molecule has 1 aromatic rings. The molecule has 0 saturated heterocycles. The van der Waals surface area contributed by atoms with Gasteiger partial charge >= 0.3 is 5.97 Å². The van der Waals surface area contributed by atoms with Crippen molar-refractivity contribution < 1.29 is 9.90 Å². The van der Waals surface area contributed by atoms with E-state index in [0.29, 0.717) is 5.56 Å². The molecule has 0 aliphatic heterocycles. The predicted molar refractivity (Wildman–Crippen MR) is 56.5 cm³/mol. The van der Waals surface area contributed by atoms with Gasteiger partial charge in [0.05, 0.1) is 5.56 Å². The Labute approximate surface area is 84.6 Å². The maximum absolute atomic E-state index is 10.4. The molecule has 14 heavy (non-hydrogen) atoms. The van der Waals surface area contributed by atoms with Gasteiger partial charge in [-0.1, -0.05) is 38.0 Å². The highest BCUT2D eigenvalue weighted by molar-refractivity contribution is 5.89. The molecule has 0 unspecified atom stereocenters. The molecule has 0 amide bonds. The molecule has 2 nitrogen and oxygen atoms in total. The minimum Gasteiger partial charge on any atom is -0.478 e. The molecule has 1 fully saturated rings. The summed E-state index contributed by atoms with van der Waals surface area (Å²) in [5.41, 5.74) is 1.18. The van der Waals surface area contributed by atoms with Crippen molar-refractivity contribution in [3.05, 3.63) is 35.4 Å². The Morgan fingerprint density at radius 3 is 2.14 bits per heavy atom. The van der Waals surface area contributed by atoms with Gasteiger partial charge in [0, 0.05) is 0 Å². The lowest BCUT2D eigenvalue weighted by atomic mass is 10.1. The average molecular weight is 192 g/mol. The van der Waals surface area contributed by atoms with Crippen LogP contribution in [0.2, 0.25) is 0 Å². The Hall–Kier alpha value is -1.31. The second-order valence-corrected chi connectivity index (χ2v) is 3.80. The van der Waals surface area contributed by atoms with Gasteiger partial charge in [0.1, 0.15) is 0 Å². The van der Waals surface area contributed by atoms with Crippen LogP contribution in [0.4, 0.5) is 0 Å². The van der Waals surface area contributed by atoms with E-state index >= 15 is 0 Å². The van der Waals surface area contributed by atoms with Gasteiger partial charge in [0.25, 0.3) is 0 Å². The summed E-state index contributed by atoms with van der Waals surface area (Å²) in [6, 6.07) is 6.92. The fraction of sp³-hybridized carbons (Fsp3) is 0.417. The largest absolute Gasteiger partial charge is 0.478 e. The quantitative estimate of drug-likeness (QED) is 0.742. The van der Waals surface area contributed by atoms with Gasteiger partial charge in [-0.3, -0.25) is 0 Å². The SMILES string of the molecule is CC1CC1.Cc1ccccc1C(=O)O. The van der Waals surface area contributed by atoms with Crippen LogP contribution in [0, 0.1) is 12.8 Å². The molecule has 1 saturated carbocycles. The molecule has 0 bridgehead atoms. The molecule has 2 rings (SSSR count). The van der Waals surface area contributed by atoms with Gasteiger partial charge in [-0.2, -0.15) is 0 Å². The van der Waals surface area contributed by atoms with E-state index in [1.807, 2.05) is 6.07 Å². The van der Waals surface area contributed by atoms with Gasteiger partial charge in [-0.15, -0.1) is 0 Å². The van der Waals surface area contributed by atoms with E-state index in [1.54, 1.807) is 25.1 Å². The van der Waals surface area contributed by atoms with Crippen molar-refractivity contribution in [2.24, 2.45) is 5.92 Å². The molecular formula is C12H16O2. The number of carbonyl (C=O) groups is 1. The number of hydrogen-bond donors (Lipinski definition) is 1. The van der Waals surface area contributed by atoms with Crippen LogP contribution >= 0.6 is 0 Å². The predicted octanol–water partition coefficient (Wildman–Crippen LogP) is 3.11. The lowest BCUT2D eigenvalue weighted by molar-refractivity contribution is 0.0696. The zero-order valence-corrected chi connectivity index (χ0v) is 8.66. The lowest BCUT2D eigenvalue weighted by Gasteiger charge is -1.96. The highest BCUT2D eigenvalue weighted by Crippen LogP contribution is 2.26. The van der Waals surface area contributed by atoms with Gasteiger partial charge < -0.3 is 5.11 Å². The van der Waals surface area contributed by atoms with Crippen LogP contribution < -0.4 is 0 Å². The van der Waals surface area contributed by atoms with Crippen LogP contribution in [0.3, 0.4) is 0 Å². The number of carboxylic acids is 1. The minimum absolute atomic E-state index is 0.377. The van der Waals surface area contributed by atoms with Gasteiger partial charge in [0.2, 0.25) is 0 Å². The van der Waals surface area contributed by atoms with Crippen molar-refractivity contribution in [1.29, 1.82) is 0 Å². The molecule has 0 aromatic heterocycles. The van der Waals surface area contributed by atoms with Crippen molar-refractivity contribution in [3.63, 3.8) is 0 Å². The minimum atomic E-state index is -0.863. The van der Waals surface area contributed by atoms with Crippen molar-refractivity contribution in [2.45, 2.75) is 26.7 Å². The monoisotopic (exact) mass is 192 g/mol. The number of rotatable bonds is 1.